The van der Waals surface area contributed by atoms with Gasteiger partial charge < -0.3 is 18.9 Å². The number of hydrogen-bond donors (Lipinski definition) is 0. The maximum absolute atomic E-state index is 7.31. The second kappa shape index (κ2) is 16.2. The summed E-state index contributed by atoms with van der Waals surface area (Å²) in [5, 5.41) is 0. The van der Waals surface area contributed by atoms with Crippen molar-refractivity contribution in [2.45, 2.75) is 259 Å². The van der Waals surface area contributed by atoms with Crippen LogP contribution in [-0.2, 0) is 0 Å². The topological polar surface area (TPSA) is 49.9 Å². The molecule has 334 valence electrons. The van der Waals surface area contributed by atoms with Crippen molar-refractivity contribution >= 4 is 0 Å². The minimum absolute atomic E-state index is 0.0109. The highest BCUT2D eigenvalue weighted by Gasteiger charge is 2.50. The van der Waals surface area contributed by atoms with Gasteiger partial charge in [0.15, 0.2) is 23.0 Å². The van der Waals surface area contributed by atoms with Crippen molar-refractivity contribution in [3.8, 4) is 23.0 Å². The highest BCUT2D eigenvalue weighted by molar-refractivity contribution is 5.55. The zero-order valence-corrected chi connectivity index (χ0v) is 41.4. The smallest absolute Gasteiger partial charge is 0.165 e. The molecule has 8 heteroatoms. The van der Waals surface area contributed by atoms with Crippen LogP contribution in [0.1, 0.15) is 190 Å². The van der Waals surface area contributed by atoms with Crippen molar-refractivity contribution in [3.05, 3.63) is 12.1 Å². The standard InChI is InChI=1S/C50H90N4O4/c1-21-51-43(5,6)27-35(28-44(51,7)8)55-39-25-41(57-37-31-47(13,14)53(23-3)48(15,16)32-37)42(58-38-33-49(17,18)54(24-4)50(19,20)34-38)26-40(39)56-36-29-45(9,10)52(22-2)46(11,12)30-36/h25-26,35-38H,21-24,27-34H2,1-20H3. The Kier molecular flexibility index (Phi) is 13.2. The third kappa shape index (κ3) is 9.65. The van der Waals surface area contributed by atoms with Crippen LogP contribution in [0.15, 0.2) is 12.1 Å². The molecule has 0 aromatic heterocycles. The summed E-state index contributed by atoms with van der Waals surface area (Å²) in [5.41, 5.74) is -0.0875. The third-order valence-electron chi connectivity index (χ3n) is 15.1. The Morgan fingerprint density at radius 2 is 0.466 bits per heavy atom. The lowest BCUT2D eigenvalue weighted by Gasteiger charge is -2.55. The first kappa shape index (κ1) is 47.3. The van der Waals surface area contributed by atoms with Gasteiger partial charge in [0.2, 0.25) is 0 Å². The molecule has 0 unspecified atom stereocenters. The lowest BCUT2D eigenvalue weighted by atomic mass is 9.78. The maximum Gasteiger partial charge on any atom is 0.165 e. The van der Waals surface area contributed by atoms with Crippen molar-refractivity contribution in [3.63, 3.8) is 0 Å². The second-order valence-electron chi connectivity index (χ2n) is 23.8. The monoisotopic (exact) mass is 811 g/mol. The second-order valence-corrected chi connectivity index (χ2v) is 23.8. The molecule has 5 rings (SSSR count). The molecule has 1 aromatic carbocycles. The predicted molar refractivity (Wildman–Crippen MR) is 243 cm³/mol. The molecule has 1 aromatic rings. The minimum Gasteiger partial charge on any atom is -0.486 e. The van der Waals surface area contributed by atoms with E-state index in [0.29, 0.717) is 0 Å². The average Bonchev–Trinajstić information content (AvgIpc) is 2.99. The van der Waals surface area contributed by atoms with E-state index in [9.17, 15) is 0 Å². The molecule has 4 heterocycles. The van der Waals surface area contributed by atoms with Crippen molar-refractivity contribution in [2.24, 2.45) is 0 Å². The fourth-order valence-corrected chi connectivity index (χ4v) is 14.3. The van der Waals surface area contributed by atoms with E-state index < -0.39 is 0 Å². The van der Waals surface area contributed by atoms with Gasteiger partial charge in [-0.25, -0.2) is 0 Å². The number of nitrogens with zero attached hydrogens (tertiary/aromatic N) is 4. The Morgan fingerprint density at radius 1 is 0.328 bits per heavy atom. The summed E-state index contributed by atoms with van der Waals surface area (Å²) in [6, 6.07) is 4.33. The summed E-state index contributed by atoms with van der Waals surface area (Å²) < 4.78 is 29.2. The Bertz CT molecular complexity index is 1280. The van der Waals surface area contributed by atoms with Crippen LogP contribution in [0.2, 0.25) is 0 Å². The first-order chi connectivity index (χ1) is 26.4. The summed E-state index contributed by atoms with van der Waals surface area (Å²) in [4.78, 5) is 10.6. The number of piperidine rings is 4. The lowest BCUT2D eigenvalue weighted by molar-refractivity contribution is -0.0788. The SMILES string of the molecule is CCN1C(C)(C)CC(Oc2cc(OC3CC(C)(C)N(CC)C(C)(C)C3)c(OC3CC(C)(C)N(CC)C(C)(C)C3)cc2OC2CC(C)(C)N(CC)C(C)(C)C2)CC1(C)C. The number of rotatable bonds is 12. The maximum atomic E-state index is 7.31. The Labute approximate surface area is 357 Å². The summed E-state index contributed by atoms with van der Waals surface area (Å²) >= 11 is 0. The van der Waals surface area contributed by atoms with Crippen LogP contribution in [0.3, 0.4) is 0 Å². The van der Waals surface area contributed by atoms with E-state index in [4.69, 9.17) is 18.9 Å². The normalized spacial score (nSPS) is 27.9. The first-order valence-electron chi connectivity index (χ1n) is 23.4. The van der Waals surface area contributed by atoms with Gasteiger partial charge in [0.25, 0.3) is 0 Å². The van der Waals surface area contributed by atoms with Crippen LogP contribution >= 0.6 is 0 Å². The predicted octanol–water partition coefficient (Wildman–Crippen LogP) is 11.4. The largest absolute Gasteiger partial charge is 0.486 e. The molecule has 0 spiro atoms. The van der Waals surface area contributed by atoms with E-state index in [0.717, 1.165) is 101 Å². The minimum atomic E-state index is -0.0109. The fourth-order valence-electron chi connectivity index (χ4n) is 14.3. The molecule has 0 aliphatic carbocycles. The molecule has 8 nitrogen and oxygen atoms in total. The quantitative estimate of drug-likeness (QED) is 0.207. The summed E-state index contributed by atoms with van der Waals surface area (Å²) in [6.07, 6.45) is 7.58. The van der Waals surface area contributed by atoms with Crippen LogP contribution in [-0.4, -0.2) is 115 Å². The van der Waals surface area contributed by atoms with Crippen LogP contribution in [0.4, 0.5) is 0 Å². The molecule has 0 atom stereocenters. The third-order valence-corrected chi connectivity index (χ3v) is 15.1. The Morgan fingerprint density at radius 3 is 0.586 bits per heavy atom. The summed E-state index contributed by atoms with van der Waals surface area (Å²) in [6.45, 7) is 51.2. The van der Waals surface area contributed by atoms with E-state index in [1.165, 1.54) is 0 Å². The molecule has 0 amide bonds. The molecule has 0 N–H and O–H groups in total. The molecule has 4 saturated heterocycles. The van der Waals surface area contributed by atoms with Gasteiger partial charge in [-0.3, -0.25) is 19.6 Å². The van der Waals surface area contributed by atoms with Gasteiger partial charge in [-0.1, -0.05) is 27.7 Å². The molecule has 0 radical (unpaired) electrons. The molecular weight excluding hydrogens is 721 g/mol. The zero-order chi connectivity index (χ0) is 43.7. The molecule has 58 heavy (non-hydrogen) atoms. The van der Waals surface area contributed by atoms with E-state index in [1.54, 1.807) is 0 Å². The molecule has 0 bridgehead atoms. The van der Waals surface area contributed by atoms with E-state index in [-0.39, 0.29) is 68.7 Å². The van der Waals surface area contributed by atoms with Crippen LogP contribution in [0.25, 0.3) is 0 Å². The molecule has 4 fully saturated rings. The van der Waals surface area contributed by atoms with Crippen molar-refractivity contribution < 1.29 is 18.9 Å². The van der Waals surface area contributed by atoms with Crippen molar-refractivity contribution in [1.29, 1.82) is 0 Å². The number of likely N-dealkylation sites (tertiary alicyclic amines) is 4. The molecule has 4 aliphatic heterocycles. The highest BCUT2D eigenvalue weighted by atomic mass is 16.5. The van der Waals surface area contributed by atoms with E-state index in [1.807, 2.05) is 0 Å². The van der Waals surface area contributed by atoms with Gasteiger partial charge in [-0.05, 0) is 137 Å². The lowest BCUT2D eigenvalue weighted by Crippen LogP contribution is -2.62. The van der Waals surface area contributed by atoms with Gasteiger partial charge in [0.05, 0.1) is 0 Å². The van der Waals surface area contributed by atoms with Crippen molar-refractivity contribution in [2.75, 3.05) is 26.2 Å². The van der Waals surface area contributed by atoms with Gasteiger partial charge in [0, 0.05) is 108 Å². The van der Waals surface area contributed by atoms with Gasteiger partial charge in [-0.15, -0.1) is 0 Å². The van der Waals surface area contributed by atoms with Crippen LogP contribution < -0.4 is 18.9 Å². The van der Waals surface area contributed by atoms with Gasteiger partial charge in [0.1, 0.15) is 24.4 Å². The molecule has 0 saturated carbocycles. The molecular formula is C50H90N4O4. The highest BCUT2D eigenvalue weighted by Crippen LogP contribution is 2.50. The number of ether oxygens (including phenoxy) is 4. The number of benzene rings is 1. The molecule has 4 aliphatic rings. The van der Waals surface area contributed by atoms with Crippen LogP contribution in [0, 0.1) is 0 Å². The van der Waals surface area contributed by atoms with E-state index >= 15 is 0 Å². The summed E-state index contributed by atoms with van der Waals surface area (Å²) in [7, 11) is 0. The zero-order valence-electron chi connectivity index (χ0n) is 41.4. The van der Waals surface area contributed by atoms with Gasteiger partial charge in [-0.2, -0.15) is 0 Å². The average molecular weight is 811 g/mol. The van der Waals surface area contributed by atoms with E-state index in [2.05, 4.69) is 170 Å². The summed E-state index contributed by atoms with van der Waals surface area (Å²) in [5.74, 6) is 3.12. The van der Waals surface area contributed by atoms with Crippen molar-refractivity contribution in [1.82, 2.24) is 19.6 Å². The Hall–Kier alpha value is -1.74. The van der Waals surface area contributed by atoms with Gasteiger partial charge >= 0.3 is 0 Å². The Balaban J connectivity index is 1.62. The first-order valence-corrected chi connectivity index (χ1v) is 23.4. The van der Waals surface area contributed by atoms with Crippen LogP contribution in [0.5, 0.6) is 23.0 Å². The fraction of sp³-hybridized carbons (Fsp3) is 0.880. The number of hydrogen-bond acceptors (Lipinski definition) is 8.